The predicted octanol–water partition coefficient (Wildman–Crippen LogP) is 2.01. The number of likely N-dealkylation sites (tertiary alicyclic amines) is 1. The van der Waals surface area contributed by atoms with Crippen LogP contribution in [-0.2, 0) is 23.9 Å². The molecule has 36 heavy (non-hydrogen) atoms. The standard InChI is InChI=1S/C21H26F7N3O5/c1-18(22,23)20(24,25)7-15(33)31-9-19(6-13(31)16(29)34)5-12(19)11(4-10-2-3-30-17(10)35)14(32)8-36-21(26,27)28/h10-13H,2-9H2,1H3,(H2,29,34)(H,30,35)/t10-,11+,12?,13?,19?/m1/s1. The molecule has 2 aliphatic heterocycles. The summed E-state index contributed by atoms with van der Waals surface area (Å²) in [5.74, 6) is -15.5. The Morgan fingerprint density at radius 2 is 1.81 bits per heavy atom. The lowest BCUT2D eigenvalue weighted by atomic mass is 9.83. The topological polar surface area (TPSA) is 119 Å². The SMILES string of the molecule is CC(F)(F)C(F)(F)CC(=O)N1CC2(CC1C(N)=O)CC2[C@H](C[C@H]1CCNC1=O)C(=O)COC(F)(F)F. The number of halogens is 7. The van der Waals surface area contributed by atoms with Crippen LogP contribution in [0.5, 0.6) is 0 Å². The molecule has 2 saturated heterocycles. The number of hydrogen-bond donors (Lipinski definition) is 2. The molecule has 2 heterocycles. The van der Waals surface area contributed by atoms with Crippen molar-refractivity contribution in [3.63, 3.8) is 0 Å². The van der Waals surface area contributed by atoms with E-state index in [0.717, 1.165) is 0 Å². The van der Waals surface area contributed by atoms with Crippen LogP contribution in [0.15, 0.2) is 0 Å². The van der Waals surface area contributed by atoms with E-state index in [1.165, 1.54) is 0 Å². The Morgan fingerprint density at radius 3 is 2.31 bits per heavy atom. The summed E-state index contributed by atoms with van der Waals surface area (Å²) in [5.41, 5.74) is 4.30. The van der Waals surface area contributed by atoms with Crippen molar-refractivity contribution in [3.8, 4) is 0 Å². The van der Waals surface area contributed by atoms with Crippen molar-refractivity contribution in [2.75, 3.05) is 19.7 Å². The fourth-order valence-corrected chi connectivity index (χ4v) is 5.29. The number of ketones is 1. The summed E-state index contributed by atoms with van der Waals surface area (Å²) in [6.07, 6.45) is -6.76. The Bertz CT molecular complexity index is 923. The highest BCUT2D eigenvalue weighted by atomic mass is 19.4. The van der Waals surface area contributed by atoms with Gasteiger partial charge in [0.05, 0.1) is 6.42 Å². The van der Waals surface area contributed by atoms with E-state index in [0.29, 0.717) is 17.9 Å². The Hall–Kier alpha value is -2.45. The minimum absolute atomic E-state index is 0.0490. The van der Waals surface area contributed by atoms with Crippen LogP contribution >= 0.6 is 0 Å². The Kier molecular flexibility index (Phi) is 7.38. The van der Waals surface area contributed by atoms with Gasteiger partial charge in [0.25, 0.3) is 0 Å². The van der Waals surface area contributed by atoms with Crippen LogP contribution in [0, 0.1) is 23.2 Å². The number of nitrogens with two attached hydrogens (primary N) is 1. The number of Topliss-reactive ketones (excluding diaryl/α,β-unsaturated/α-hetero) is 1. The van der Waals surface area contributed by atoms with E-state index < -0.39 is 78.0 Å². The molecule has 204 valence electrons. The molecule has 3 fully saturated rings. The Labute approximate surface area is 201 Å². The number of ether oxygens (including phenoxy) is 1. The lowest BCUT2D eigenvalue weighted by molar-refractivity contribution is -0.321. The van der Waals surface area contributed by atoms with Gasteiger partial charge in [-0.3, -0.25) is 23.9 Å². The lowest BCUT2D eigenvalue weighted by Gasteiger charge is -2.27. The van der Waals surface area contributed by atoms with E-state index in [4.69, 9.17) is 5.73 Å². The fourth-order valence-electron chi connectivity index (χ4n) is 5.29. The van der Waals surface area contributed by atoms with Gasteiger partial charge in [-0.2, -0.15) is 8.78 Å². The summed E-state index contributed by atoms with van der Waals surface area (Å²) in [6, 6.07) is -1.42. The molecule has 3 rings (SSSR count). The minimum atomic E-state index is -5.08. The largest absolute Gasteiger partial charge is 0.522 e. The molecule has 15 heteroatoms. The predicted molar refractivity (Wildman–Crippen MR) is 106 cm³/mol. The third-order valence-electron chi connectivity index (χ3n) is 7.36. The fraction of sp³-hybridized carbons (Fsp3) is 0.810. The Morgan fingerprint density at radius 1 is 1.17 bits per heavy atom. The van der Waals surface area contributed by atoms with Crippen LogP contribution in [-0.4, -0.2) is 72.4 Å². The number of amides is 3. The molecule has 0 aromatic carbocycles. The molecule has 1 saturated carbocycles. The monoisotopic (exact) mass is 533 g/mol. The number of carbonyl (C=O) groups excluding carboxylic acids is 4. The molecule has 3 unspecified atom stereocenters. The van der Waals surface area contributed by atoms with Crippen molar-refractivity contribution in [2.24, 2.45) is 28.9 Å². The van der Waals surface area contributed by atoms with Gasteiger partial charge in [-0.1, -0.05) is 0 Å². The number of nitrogens with zero attached hydrogens (tertiary/aromatic N) is 1. The van der Waals surface area contributed by atoms with Gasteiger partial charge in [0.15, 0.2) is 5.78 Å². The zero-order valence-corrected chi connectivity index (χ0v) is 19.2. The van der Waals surface area contributed by atoms with Crippen molar-refractivity contribution in [1.82, 2.24) is 10.2 Å². The smallest absolute Gasteiger partial charge is 0.368 e. The molecule has 0 radical (unpaired) electrons. The van der Waals surface area contributed by atoms with Crippen molar-refractivity contribution in [3.05, 3.63) is 0 Å². The average Bonchev–Trinajstić information content (AvgIpc) is 3.03. The lowest BCUT2D eigenvalue weighted by Crippen LogP contribution is -2.48. The quantitative estimate of drug-likeness (QED) is 0.417. The number of rotatable bonds is 10. The molecular formula is C21H26F7N3O5. The number of alkyl halides is 7. The molecule has 0 aromatic rings. The maximum Gasteiger partial charge on any atom is 0.522 e. The van der Waals surface area contributed by atoms with Gasteiger partial charge < -0.3 is 16.0 Å². The summed E-state index contributed by atoms with van der Waals surface area (Å²) >= 11 is 0. The van der Waals surface area contributed by atoms with Crippen molar-refractivity contribution in [2.45, 2.75) is 63.3 Å². The van der Waals surface area contributed by atoms with Crippen molar-refractivity contribution in [1.29, 1.82) is 0 Å². The minimum Gasteiger partial charge on any atom is -0.368 e. The molecule has 3 aliphatic rings. The van der Waals surface area contributed by atoms with Crippen LogP contribution in [0.4, 0.5) is 30.7 Å². The van der Waals surface area contributed by atoms with E-state index >= 15 is 0 Å². The van der Waals surface area contributed by atoms with Crippen molar-refractivity contribution < 1.29 is 54.6 Å². The molecule has 3 N–H and O–H groups in total. The average molecular weight is 533 g/mol. The summed E-state index contributed by atoms with van der Waals surface area (Å²) in [4.78, 5) is 49.9. The van der Waals surface area contributed by atoms with Gasteiger partial charge in [-0.25, -0.2) is 8.78 Å². The van der Waals surface area contributed by atoms with E-state index in [-0.39, 0.29) is 38.6 Å². The molecule has 0 aromatic heterocycles. The normalized spacial score (nSPS) is 29.4. The van der Waals surface area contributed by atoms with Gasteiger partial charge in [0.1, 0.15) is 12.6 Å². The van der Waals surface area contributed by atoms with Crippen molar-refractivity contribution >= 4 is 23.5 Å². The first-order chi connectivity index (χ1) is 16.4. The second-order valence-corrected chi connectivity index (χ2v) is 9.91. The molecule has 0 bridgehead atoms. The third kappa shape index (κ3) is 5.92. The van der Waals surface area contributed by atoms with E-state index in [1.807, 2.05) is 0 Å². The summed E-state index contributed by atoms with van der Waals surface area (Å²) in [7, 11) is 0. The third-order valence-corrected chi connectivity index (χ3v) is 7.36. The van der Waals surface area contributed by atoms with Gasteiger partial charge in [-0.15, -0.1) is 13.2 Å². The van der Waals surface area contributed by atoms with Crippen LogP contribution in [0.1, 0.15) is 39.0 Å². The highest BCUT2D eigenvalue weighted by molar-refractivity contribution is 5.89. The zero-order chi connectivity index (χ0) is 27.3. The first-order valence-electron chi connectivity index (χ1n) is 11.2. The first-order valence-corrected chi connectivity index (χ1v) is 11.2. The van der Waals surface area contributed by atoms with E-state index in [2.05, 4.69) is 10.1 Å². The number of carbonyl (C=O) groups is 4. The molecule has 1 aliphatic carbocycles. The molecule has 5 atom stereocenters. The highest BCUT2D eigenvalue weighted by Crippen LogP contribution is 2.64. The Balaban J connectivity index is 1.79. The number of nitrogens with one attached hydrogen (secondary N) is 1. The van der Waals surface area contributed by atoms with Crippen LogP contribution < -0.4 is 11.1 Å². The number of hydrogen-bond acceptors (Lipinski definition) is 5. The van der Waals surface area contributed by atoms with Crippen LogP contribution in [0.25, 0.3) is 0 Å². The molecule has 1 spiro atoms. The second kappa shape index (κ2) is 9.45. The van der Waals surface area contributed by atoms with Gasteiger partial charge in [0, 0.05) is 31.8 Å². The number of primary amides is 1. The van der Waals surface area contributed by atoms with Gasteiger partial charge in [-0.05, 0) is 37.0 Å². The van der Waals surface area contributed by atoms with Gasteiger partial charge in [0.2, 0.25) is 17.7 Å². The maximum absolute atomic E-state index is 13.8. The molecular weight excluding hydrogens is 507 g/mol. The van der Waals surface area contributed by atoms with E-state index in [9.17, 15) is 49.9 Å². The summed E-state index contributed by atoms with van der Waals surface area (Å²) in [5, 5.41) is 2.56. The maximum atomic E-state index is 13.8. The molecule has 8 nitrogen and oxygen atoms in total. The summed E-state index contributed by atoms with van der Waals surface area (Å²) < 4.78 is 95.3. The highest BCUT2D eigenvalue weighted by Gasteiger charge is 2.66. The van der Waals surface area contributed by atoms with Gasteiger partial charge >= 0.3 is 18.2 Å². The van der Waals surface area contributed by atoms with E-state index in [1.54, 1.807) is 0 Å². The first kappa shape index (κ1) is 28.1. The second-order valence-electron chi connectivity index (χ2n) is 9.91. The summed E-state index contributed by atoms with van der Waals surface area (Å²) in [6.45, 7) is -1.40. The molecule has 3 amide bonds. The van der Waals surface area contributed by atoms with Crippen LogP contribution in [0.3, 0.4) is 0 Å². The zero-order valence-electron chi connectivity index (χ0n) is 19.2. The van der Waals surface area contributed by atoms with Crippen LogP contribution in [0.2, 0.25) is 0 Å².